The molecule has 0 aliphatic carbocycles. The Morgan fingerprint density at radius 1 is 1.17 bits per heavy atom. The van der Waals surface area contributed by atoms with Gasteiger partial charge in [-0.15, -0.1) is 11.3 Å². The van der Waals surface area contributed by atoms with Gasteiger partial charge in [-0.2, -0.15) is 0 Å². The van der Waals surface area contributed by atoms with Gasteiger partial charge in [0.15, 0.2) is 5.78 Å². The van der Waals surface area contributed by atoms with E-state index in [1.165, 1.54) is 11.3 Å². The van der Waals surface area contributed by atoms with E-state index in [1.54, 1.807) is 40.7 Å². The first-order valence-electron chi connectivity index (χ1n) is 12.1. The van der Waals surface area contributed by atoms with E-state index in [4.69, 9.17) is 4.74 Å². The number of hydrogen-bond donors (Lipinski definition) is 2. The second kappa shape index (κ2) is 12.2. The van der Waals surface area contributed by atoms with Gasteiger partial charge in [0.25, 0.3) is 0 Å². The highest BCUT2D eigenvalue weighted by molar-refractivity contribution is 7.09. The zero-order valence-electron chi connectivity index (χ0n) is 21.8. The number of thiazole rings is 1. The average molecular weight is 506 g/mol. The third kappa shape index (κ3) is 7.66. The number of esters is 1. The number of Topliss-reactive ketones (excluding diaryl/α,β-unsaturated/α-hetero) is 2. The van der Waals surface area contributed by atoms with Crippen LogP contribution in [0, 0.1) is 24.2 Å². The van der Waals surface area contributed by atoms with Crippen molar-refractivity contribution in [3.05, 3.63) is 33.3 Å². The zero-order chi connectivity index (χ0) is 26.5. The normalized spacial score (nSPS) is 30.1. The van der Waals surface area contributed by atoms with Crippen molar-refractivity contribution in [2.75, 3.05) is 0 Å². The van der Waals surface area contributed by atoms with Crippen LogP contribution in [-0.2, 0) is 19.1 Å². The molecule has 0 aromatic carbocycles. The fourth-order valence-corrected chi connectivity index (χ4v) is 4.83. The lowest BCUT2D eigenvalue weighted by Gasteiger charge is -2.34. The predicted octanol–water partition coefficient (Wildman–Crippen LogP) is 4.45. The molecule has 0 spiro atoms. The molecular formula is C27H39NO6S. The SMILES string of the molecule is CC1=CCC[C@H](C)[C@H](O)[C@@H](C)C(=O)C(C)(C)[C@@H](O)CC(=O)O[C@H](C(C)=Cc2csc(C)n2)CC1=O. The fraction of sp³-hybridized carbons (Fsp3) is 0.630. The van der Waals surface area contributed by atoms with Crippen molar-refractivity contribution in [1.29, 1.82) is 0 Å². The van der Waals surface area contributed by atoms with Crippen LogP contribution in [0.1, 0.15) is 77.9 Å². The summed E-state index contributed by atoms with van der Waals surface area (Å²) in [6.07, 6.45) is 1.34. The summed E-state index contributed by atoms with van der Waals surface area (Å²) in [4.78, 5) is 43.4. The first-order chi connectivity index (χ1) is 16.2. The number of ether oxygens (including phenoxy) is 1. The number of carbonyl (C=O) groups excluding carboxylic acids is 3. The lowest BCUT2D eigenvalue weighted by Crippen LogP contribution is -2.45. The topological polar surface area (TPSA) is 114 Å². The van der Waals surface area contributed by atoms with E-state index in [-0.39, 0.29) is 23.9 Å². The number of hydrogen-bond acceptors (Lipinski definition) is 8. The van der Waals surface area contributed by atoms with Gasteiger partial charge in [-0.3, -0.25) is 14.4 Å². The molecule has 0 unspecified atom stereocenters. The maximum Gasteiger partial charge on any atom is 0.309 e. The van der Waals surface area contributed by atoms with E-state index in [0.29, 0.717) is 24.0 Å². The Balaban J connectivity index is 2.39. The van der Waals surface area contributed by atoms with Gasteiger partial charge >= 0.3 is 5.97 Å². The molecule has 0 radical (unpaired) electrons. The first kappa shape index (κ1) is 29.1. The molecule has 1 aliphatic heterocycles. The number of carbonyl (C=O) groups is 3. The summed E-state index contributed by atoms with van der Waals surface area (Å²) < 4.78 is 5.67. The Hall–Kier alpha value is -2.16. The Labute approximate surface area is 212 Å². The number of allylic oxidation sites excluding steroid dienone is 2. The van der Waals surface area contributed by atoms with Crippen molar-refractivity contribution < 1.29 is 29.3 Å². The summed E-state index contributed by atoms with van der Waals surface area (Å²) >= 11 is 1.50. The van der Waals surface area contributed by atoms with Crippen LogP contribution < -0.4 is 0 Å². The lowest BCUT2D eigenvalue weighted by atomic mass is 9.73. The lowest BCUT2D eigenvalue weighted by molar-refractivity contribution is -0.154. The second-order valence-electron chi connectivity index (χ2n) is 10.3. The van der Waals surface area contributed by atoms with Crippen LogP contribution in [0.2, 0.25) is 0 Å². The molecule has 0 saturated carbocycles. The fourth-order valence-electron chi connectivity index (χ4n) is 4.26. The number of cyclic esters (lactones) is 1. The van der Waals surface area contributed by atoms with E-state index in [1.807, 2.05) is 25.3 Å². The summed E-state index contributed by atoms with van der Waals surface area (Å²) in [6.45, 7) is 12.1. The van der Waals surface area contributed by atoms with Crippen molar-refractivity contribution in [3.8, 4) is 0 Å². The number of rotatable bonds is 2. The van der Waals surface area contributed by atoms with Gasteiger partial charge in [0.05, 0.1) is 41.2 Å². The Bertz CT molecular complexity index is 992. The standard InChI is InChI=1S/C27H39NO6S/c1-15-9-8-10-16(2)25(32)18(4)26(33)27(6,7)23(30)13-24(31)34-22(12-21(15)29)17(3)11-20-14-35-19(5)28-20/h9,11,14,16,18,22-23,25,30,32H,8,10,12-13H2,1-7H3/t16-,18+,22-,23-,25-/m0/s1. The van der Waals surface area contributed by atoms with E-state index >= 15 is 0 Å². The summed E-state index contributed by atoms with van der Waals surface area (Å²) in [7, 11) is 0. The predicted molar refractivity (Wildman–Crippen MR) is 137 cm³/mol. The average Bonchev–Trinajstić information content (AvgIpc) is 3.20. The van der Waals surface area contributed by atoms with Crippen LogP contribution in [0.3, 0.4) is 0 Å². The third-order valence-electron chi connectivity index (χ3n) is 7.01. The number of ketones is 2. The number of aryl methyl sites for hydroxylation is 1. The molecule has 35 heavy (non-hydrogen) atoms. The Kier molecular flexibility index (Phi) is 10.1. The largest absolute Gasteiger partial charge is 0.457 e. The van der Waals surface area contributed by atoms with Gasteiger partial charge in [0.2, 0.25) is 0 Å². The molecule has 0 fully saturated rings. The first-order valence-corrected chi connectivity index (χ1v) is 13.0. The maximum absolute atomic E-state index is 13.2. The smallest absolute Gasteiger partial charge is 0.309 e. The van der Waals surface area contributed by atoms with Crippen molar-refractivity contribution in [2.45, 2.75) is 92.5 Å². The molecule has 8 heteroatoms. The third-order valence-corrected chi connectivity index (χ3v) is 7.81. The van der Waals surface area contributed by atoms with Crippen molar-refractivity contribution >= 4 is 34.9 Å². The van der Waals surface area contributed by atoms with Crippen LogP contribution >= 0.6 is 11.3 Å². The summed E-state index contributed by atoms with van der Waals surface area (Å²) in [5.41, 5.74) is 0.686. The highest BCUT2D eigenvalue weighted by Gasteiger charge is 2.42. The monoisotopic (exact) mass is 505 g/mol. The van der Waals surface area contributed by atoms with Crippen molar-refractivity contribution in [1.82, 2.24) is 4.98 Å². The molecule has 2 N–H and O–H groups in total. The van der Waals surface area contributed by atoms with Gasteiger partial charge in [0.1, 0.15) is 11.9 Å². The molecule has 0 amide bonds. The van der Waals surface area contributed by atoms with E-state index in [0.717, 1.165) is 10.7 Å². The highest BCUT2D eigenvalue weighted by Crippen LogP contribution is 2.32. The summed E-state index contributed by atoms with van der Waals surface area (Å²) in [6, 6.07) is 0. The number of nitrogens with zero attached hydrogens (tertiary/aromatic N) is 1. The molecular weight excluding hydrogens is 466 g/mol. The minimum Gasteiger partial charge on any atom is -0.457 e. The van der Waals surface area contributed by atoms with Gasteiger partial charge in [-0.05, 0) is 56.8 Å². The molecule has 5 atom stereocenters. The molecule has 2 heterocycles. The molecule has 1 aliphatic rings. The Morgan fingerprint density at radius 2 is 1.83 bits per heavy atom. The maximum atomic E-state index is 13.2. The van der Waals surface area contributed by atoms with Gasteiger partial charge < -0.3 is 14.9 Å². The van der Waals surface area contributed by atoms with Gasteiger partial charge in [0, 0.05) is 11.3 Å². The summed E-state index contributed by atoms with van der Waals surface area (Å²) in [5, 5.41) is 24.3. The Morgan fingerprint density at radius 3 is 2.43 bits per heavy atom. The van der Waals surface area contributed by atoms with Crippen LogP contribution in [0.15, 0.2) is 22.6 Å². The van der Waals surface area contributed by atoms with Crippen LogP contribution in [0.4, 0.5) is 0 Å². The molecule has 2 rings (SSSR count). The van der Waals surface area contributed by atoms with Crippen molar-refractivity contribution in [2.24, 2.45) is 17.3 Å². The van der Waals surface area contributed by atoms with E-state index < -0.39 is 42.0 Å². The quantitative estimate of drug-likeness (QED) is 0.571. The minimum absolute atomic E-state index is 0.0346. The molecule has 0 bridgehead atoms. The van der Waals surface area contributed by atoms with Gasteiger partial charge in [-0.1, -0.05) is 33.8 Å². The van der Waals surface area contributed by atoms with Crippen molar-refractivity contribution in [3.63, 3.8) is 0 Å². The number of aromatic nitrogens is 1. The molecule has 0 saturated heterocycles. The van der Waals surface area contributed by atoms with E-state index in [2.05, 4.69) is 4.98 Å². The molecule has 7 nitrogen and oxygen atoms in total. The van der Waals surface area contributed by atoms with Crippen LogP contribution in [0.5, 0.6) is 0 Å². The number of aliphatic hydroxyl groups is 2. The van der Waals surface area contributed by atoms with E-state index in [9.17, 15) is 24.6 Å². The number of aliphatic hydroxyl groups excluding tert-OH is 2. The van der Waals surface area contributed by atoms with Crippen LogP contribution in [0.25, 0.3) is 6.08 Å². The molecule has 1 aromatic heterocycles. The second-order valence-corrected chi connectivity index (χ2v) is 11.4. The van der Waals surface area contributed by atoms with Gasteiger partial charge in [-0.25, -0.2) is 4.98 Å². The van der Waals surface area contributed by atoms with Crippen LogP contribution in [-0.4, -0.2) is 51.0 Å². The molecule has 1 aromatic rings. The minimum atomic E-state index is -1.30. The highest BCUT2D eigenvalue weighted by atomic mass is 32.1. The molecule has 194 valence electrons. The summed E-state index contributed by atoms with van der Waals surface area (Å²) in [5.74, 6) is -2.05. The zero-order valence-corrected chi connectivity index (χ0v) is 22.6.